The minimum Gasteiger partial charge on any atom is -0.385 e. The normalized spacial score (nSPS) is 11.3. The molecule has 0 saturated carbocycles. The molecule has 0 fully saturated rings. The van der Waals surface area contributed by atoms with Crippen LogP contribution in [-0.2, 0) is 0 Å². The maximum atomic E-state index is 5.73. The third-order valence-electron chi connectivity index (χ3n) is 2.56. The van der Waals surface area contributed by atoms with Crippen molar-refractivity contribution >= 4 is 11.6 Å². The lowest BCUT2D eigenvalue weighted by atomic mass is 10.3. The molecule has 0 amide bonds. The van der Waals surface area contributed by atoms with Gasteiger partial charge in [-0.2, -0.15) is 0 Å². The second-order valence-corrected chi connectivity index (χ2v) is 4.19. The van der Waals surface area contributed by atoms with Gasteiger partial charge in [0.05, 0.1) is 0 Å². The van der Waals surface area contributed by atoms with E-state index in [1.807, 2.05) is 18.2 Å². The van der Waals surface area contributed by atoms with Gasteiger partial charge in [-0.15, -0.1) is 0 Å². The molecule has 1 aromatic rings. The molecule has 0 saturated heterocycles. The molecule has 0 atom stereocenters. The van der Waals surface area contributed by atoms with Crippen molar-refractivity contribution in [2.45, 2.75) is 26.2 Å². The number of anilines is 1. The number of nitrogens with zero attached hydrogens (tertiary/aromatic N) is 1. The average Bonchev–Trinajstić information content (AvgIpc) is 2.40. The van der Waals surface area contributed by atoms with Gasteiger partial charge in [-0.25, -0.2) is 0 Å². The van der Waals surface area contributed by atoms with E-state index in [1.54, 1.807) is 0 Å². The molecule has 0 radical (unpaired) electrons. The van der Waals surface area contributed by atoms with Gasteiger partial charge in [0.2, 0.25) is 0 Å². The van der Waals surface area contributed by atoms with E-state index in [2.05, 4.69) is 34.7 Å². The number of benzene rings is 1. The molecular weight excluding hydrogens is 224 g/mol. The van der Waals surface area contributed by atoms with Gasteiger partial charge in [0.25, 0.3) is 0 Å². The molecule has 18 heavy (non-hydrogen) atoms. The molecule has 0 unspecified atom stereocenters. The van der Waals surface area contributed by atoms with Crippen molar-refractivity contribution in [3.05, 3.63) is 30.3 Å². The lowest BCUT2D eigenvalue weighted by Crippen LogP contribution is -2.32. The smallest absolute Gasteiger partial charge is 0.188 e. The summed E-state index contributed by atoms with van der Waals surface area (Å²) in [7, 11) is 0. The summed E-state index contributed by atoms with van der Waals surface area (Å²) in [4.78, 5) is 4.27. The highest BCUT2D eigenvalue weighted by molar-refractivity contribution is 5.77. The van der Waals surface area contributed by atoms with Crippen molar-refractivity contribution < 1.29 is 0 Å². The third-order valence-corrected chi connectivity index (χ3v) is 2.56. The van der Waals surface area contributed by atoms with Gasteiger partial charge in [-0.1, -0.05) is 31.5 Å². The molecule has 4 heteroatoms. The van der Waals surface area contributed by atoms with E-state index in [1.165, 1.54) is 6.42 Å². The largest absolute Gasteiger partial charge is 0.385 e. The van der Waals surface area contributed by atoms with Crippen LogP contribution in [0.15, 0.2) is 35.3 Å². The molecule has 0 aliphatic heterocycles. The van der Waals surface area contributed by atoms with Gasteiger partial charge < -0.3 is 16.4 Å². The van der Waals surface area contributed by atoms with Crippen LogP contribution in [0, 0.1) is 0 Å². The predicted octanol–water partition coefficient (Wildman–Crippen LogP) is 2.19. The van der Waals surface area contributed by atoms with E-state index < -0.39 is 0 Å². The lowest BCUT2D eigenvalue weighted by molar-refractivity contribution is 0.746. The monoisotopic (exact) mass is 248 g/mol. The molecule has 1 rings (SSSR count). The van der Waals surface area contributed by atoms with E-state index >= 15 is 0 Å². The Morgan fingerprint density at radius 3 is 2.67 bits per heavy atom. The van der Waals surface area contributed by atoms with E-state index in [4.69, 9.17) is 5.73 Å². The molecule has 4 nitrogen and oxygen atoms in total. The molecule has 0 aliphatic carbocycles. The number of aliphatic imine (C=N–C) groups is 1. The van der Waals surface area contributed by atoms with Crippen molar-refractivity contribution in [1.29, 1.82) is 0 Å². The second-order valence-electron chi connectivity index (χ2n) is 4.19. The number of hydrogen-bond acceptors (Lipinski definition) is 2. The molecule has 0 aliphatic rings. The quantitative estimate of drug-likeness (QED) is 0.375. The molecule has 0 bridgehead atoms. The Hall–Kier alpha value is -1.71. The van der Waals surface area contributed by atoms with Crippen molar-refractivity contribution in [3.63, 3.8) is 0 Å². The highest BCUT2D eigenvalue weighted by atomic mass is 15.1. The van der Waals surface area contributed by atoms with Crippen molar-refractivity contribution in [2.24, 2.45) is 10.7 Å². The SMILES string of the molecule is CCCCNC(N)=NCCCNc1ccccc1. The molecule has 1 aromatic carbocycles. The fourth-order valence-corrected chi connectivity index (χ4v) is 1.52. The molecular formula is C14H24N4. The molecule has 0 spiro atoms. The first-order valence-corrected chi connectivity index (χ1v) is 6.65. The van der Waals surface area contributed by atoms with E-state index in [9.17, 15) is 0 Å². The van der Waals surface area contributed by atoms with Crippen LogP contribution >= 0.6 is 0 Å². The molecule has 100 valence electrons. The van der Waals surface area contributed by atoms with Crippen LogP contribution in [0.4, 0.5) is 5.69 Å². The number of rotatable bonds is 8. The van der Waals surface area contributed by atoms with Gasteiger partial charge >= 0.3 is 0 Å². The molecule has 0 heterocycles. The van der Waals surface area contributed by atoms with E-state index in [0.29, 0.717) is 5.96 Å². The fraction of sp³-hybridized carbons (Fsp3) is 0.500. The zero-order chi connectivity index (χ0) is 13.1. The average molecular weight is 248 g/mol. The van der Waals surface area contributed by atoms with E-state index in [-0.39, 0.29) is 0 Å². The van der Waals surface area contributed by atoms with Gasteiger partial charge in [0, 0.05) is 25.3 Å². The second kappa shape index (κ2) is 9.33. The summed E-state index contributed by atoms with van der Waals surface area (Å²) >= 11 is 0. The van der Waals surface area contributed by atoms with Gasteiger partial charge in [0.1, 0.15) is 0 Å². The first-order chi connectivity index (χ1) is 8.83. The van der Waals surface area contributed by atoms with Gasteiger partial charge in [-0.05, 0) is 25.0 Å². The Labute approximate surface area is 110 Å². The van der Waals surface area contributed by atoms with Gasteiger partial charge in [0.15, 0.2) is 5.96 Å². The van der Waals surface area contributed by atoms with Crippen LogP contribution in [0.2, 0.25) is 0 Å². The van der Waals surface area contributed by atoms with Crippen LogP contribution in [0.1, 0.15) is 26.2 Å². The Morgan fingerprint density at radius 1 is 1.17 bits per heavy atom. The summed E-state index contributed by atoms with van der Waals surface area (Å²) < 4.78 is 0. The predicted molar refractivity (Wildman–Crippen MR) is 78.9 cm³/mol. The van der Waals surface area contributed by atoms with Crippen molar-refractivity contribution in [3.8, 4) is 0 Å². The summed E-state index contributed by atoms with van der Waals surface area (Å²) in [6.45, 7) is 4.74. The maximum Gasteiger partial charge on any atom is 0.188 e. The lowest BCUT2D eigenvalue weighted by Gasteiger charge is -2.06. The maximum absolute atomic E-state index is 5.73. The highest BCUT2D eigenvalue weighted by Gasteiger charge is 1.91. The van der Waals surface area contributed by atoms with Crippen molar-refractivity contribution in [2.75, 3.05) is 25.0 Å². The van der Waals surface area contributed by atoms with E-state index in [0.717, 1.165) is 38.2 Å². The summed E-state index contributed by atoms with van der Waals surface area (Å²) in [5, 5.41) is 6.44. The summed E-state index contributed by atoms with van der Waals surface area (Å²) in [6, 6.07) is 10.2. The zero-order valence-electron chi connectivity index (χ0n) is 11.2. The Bertz CT molecular complexity index is 335. The first kappa shape index (κ1) is 14.4. The molecule has 0 aromatic heterocycles. The van der Waals surface area contributed by atoms with Crippen LogP contribution in [0.25, 0.3) is 0 Å². The number of para-hydroxylation sites is 1. The van der Waals surface area contributed by atoms with Crippen LogP contribution in [0.5, 0.6) is 0 Å². The Morgan fingerprint density at radius 2 is 1.94 bits per heavy atom. The number of hydrogen-bond donors (Lipinski definition) is 3. The Kier molecular flexibility index (Phi) is 7.44. The van der Waals surface area contributed by atoms with Crippen molar-refractivity contribution in [1.82, 2.24) is 5.32 Å². The minimum atomic E-state index is 0.558. The number of nitrogens with two attached hydrogens (primary N) is 1. The summed E-state index contributed by atoms with van der Waals surface area (Å²) in [5.74, 6) is 0.558. The van der Waals surface area contributed by atoms with Crippen LogP contribution in [-0.4, -0.2) is 25.6 Å². The fourth-order valence-electron chi connectivity index (χ4n) is 1.52. The summed E-state index contributed by atoms with van der Waals surface area (Å²) in [5.41, 5.74) is 6.87. The Balaban J connectivity index is 2.05. The highest BCUT2D eigenvalue weighted by Crippen LogP contribution is 2.04. The standard InChI is InChI=1S/C14H24N4/c1-2-3-10-17-14(15)18-12-7-11-16-13-8-5-4-6-9-13/h4-6,8-9,16H,2-3,7,10-12H2,1H3,(H3,15,17,18). The number of unbranched alkanes of at least 4 members (excludes halogenated alkanes) is 1. The topological polar surface area (TPSA) is 62.4 Å². The number of guanidine groups is 1. The van der Waals surface area contributed by atoms with Crippen LogP contribution in [0.3, 0.4) is 0 Å². The zero-order valence-corrected chi connectivity index (χ0v) is 11.2. The summed E-state index contributed by atoms with van der Waals surface area (Å²) in [6.07, 6.45) is 3.28. The number of nitrogens with one attached hydrogen (secondary N) is 2. The minimum absolute atomic E-state index is 0.558. The third kappa shape index (κ3) is 6.78. The first-order valence-electron chi connectivity index (χ1n) is 6.65. The molecule has 4 N–H and O–H groups in total. The van der Waals surface area contributed by atoms with Crippen LogP contribution < -0.4 is 16.4 Å². The van der Waals surface area contributed by atoms with Gasteiger partial charge in [-0.3, -0.25) is 4.99 Å².